The third-order valence-electron chi connectivity index (χ3n) is 12.3. The van der Waals surface area contributed by atoms with Gasteiger partial charge in [0.2, 0.25) is 23.6 Å². The molecule has 9 rings (SSSR count). The number of phenols is 1. The average molecular weight is 776 g/mol. The molecule has 55 heavy (non-hydrogen) atoms. The van der Waals surface area contributed by atoms with Gasteiger partial charge in [-0.05, 0) is 91.9 Å². The van der Waals surface area contributed by atoms with Crippen molar-refractivity contribution in [1.29, 1.82) is 0 Å². The molecule has 3 aromatic carbocycles. The maximum absolute atomic E-state index is 15.1. The van der Waals surface area contributed by atoms with E-state index >= 15 is 4.79 Å². The molecule has 0 radical (unpaired) electrons. The number of fused-ring (bicyclic) bond motifs is 5. The lowest BCUT2D eigenvalue weighted by Gasteiger charge is -2.49. The van der Waals surface area contributed by atoms with Crippen LogP contribution in [-0.4, -0.2) is 43.4 Å². The van der Waals surface area contributed by atoms with Gasteiger partial charge >= 0.3 is 0 Å². The van der Waals surface area contributed by atoms with Crippen molar-refractivity contribution in [3.05, 3.63) is 110 Å². The lowest BCUT2D eigenvalue weighted by molar-refractivity contribution is -0.384. The molecule has 5 aromatic rings. The zero-order valence-electron chi connectivity index (χ0n) is 30.1. The topological polar surface area (TPSA) is 156 Å². The molecule has 4 amide bonds. The minimum atomic E-state index is -1.30. The van der Waals surface area contributed by atoms with Gasteiger partial charge in [0.05, 0.1) is 38.7 Å². The van der Waals surface area contributed by atoms with Crippen molar-refractivity contribution in [2.75, 3.05) is 9.80 Å². The number of allylic oxidation sites excluding steroid dienone is 2. The number of halogens is 1. The van der Waals surface area contributed by atoms with Crippen LogP contribution in [0.5, 0.6) is 5.75 Å². The second-order valence-electron chi connectivity index (χ2n) is 15.2. The van der Waals surface area contributed by atoms with Crippen molar-refractivity contribution in [3.63, 3.8) is 0 Å². The number of anilines is 2. The Morgan fingerprint density at radius 3 is 2.49 bits per heavy atom. The lowest BCUT2D eigenvalue weighted by Crippen LogP contribution is -2.49. The highest BCUT2D eigenvalue weighted by Gasteiger charge is 2.68. The Balaban J connectivity index is 1.15. The van der Waals surface area contributed by atoms with Crippen LogP contribution in [0.25, 0.3) is 20.7 Å². The second kappa shape index (κ2) is 12.2. The highest BCUT2D eigenvalue weighted by molar-refractivity contribution is 7.22. The number of hydrogen-bond acceptors (Lipinski definition) is 9. The van der Waals surface area contributed by atoms with Crippen LogP contribution >= 0.6 is 22.9 Å². The van der Waals surface area contributed by atoms with Gasteiger partial charge in [-0.3, -0.25) is 34.0 Å². The Labute approximate surface area is 323 Å². The first kappa shape index (κ1) is 35.1. The number of nitro groups is 1. The van der Waals surface area contributed by atoms with E-state index in [-0.39, 0.29) is 30.0 Å². The van der Waals surface area contributed by atoms with E-state index in [0.717, 1.165) is 31.0 Å². The number of thiophene rings is 1. The molecule has 1 saturated carbocycles. The number of non-ortho nitro benzene ring substituents is 1. The number of aromatic nitrogens is 2. The maximum Gasteiger partial charge on any atom is 0.271 e. The number of carbonyl (C=O) groups excluding carboxylic acids is 4. The van der Waals surface area contributed by atoms with Crippen molar-refractivity contribution < 1.29 is 29.2 Å². The summed E-state index contributed by atoms with van der Waals surface area (Å²) in [6, 6.07) is 18.0. The summed E-state index contributed by atoms with van der Waals surface area (Å²) < 4.78 is 2.57. The molecule has 278 valence electrons. The quantitative estimate of drug-likeness (QED) is 0.0828. The summed E-state index contributed by atoms with van der Waals surface area (Å²) in [5, 5.41) is 28.5. The van der Waals surface area contributed by atoms with Gasteiger partial charge < -0.3 is 5.11 Å². The van der Waals surface area contributed by atoms with Crippen LogP contribution in [0.4, 0.5) is 17.2 Å². The monoisotopic (exact) mass is 775 g/mol. The molecule has 2 aromatic heterocycles. The van der Waals surface area contributed by atoms with Crippen molar-refractivity contribution in [2.45, 2.75) is 39.5 Å². The van der Waals surface area contributed by atoms with E-state index in [1.807, 2.05) is 44.2 Å². The van der Waals surface area contributed by atoms with Crippen LogP contribution in [-0.2, 0) is 26.2 Å². The summed E-state index contributed by atoms with van der Waals surface area (Å²) >= 11 is 7.85. The zero-order valence-corrected chi connectivity index (χ0v) is 31.7. The highest BCUT2D eigenvalue weighted by atomic mass is 35.5. The van der Waals surface area contributed by atoms with E-state index in [1.165, 1.54) is 29.2 Å². The van der Waals surface area contributed by atoms with Crippen molar-refractivity contribution in [2.24, 2.45) is 36.1 Å². The zero-order chi connectivity index (χ0) is 38.8. The van der Waals surface area contributed by atoms with E-state index in [4.69, 9.17) is 16.7 Å². The summed E-state index contributed by atoms with van der Waals surface area (Å²) in [5.41, 5.74) is 2.25. The average Bonchev–Trinajstić information content (AvgIpc) is 3.83. The molecule has 14 heteroatoms. The third kappa shape index (κ3) is 4.91. The first-order valence-electron chi connectivity index (χ1n) is 17.9. The van der Waals surface area contributed by atoms with E-state index < -0.39 is 63.6 Å². The Hall–Kier alpha value is -5.66. The van der Waals surface area contributed by atoms with Gasteiger partial charge in [-0.2, -0.15) is 5.10 Å². The number of imide groups is 2. The third-order valence-corrected chi connectivity index (χ3v) is 13.9. The van der Waals surface area contributed by atoms with E-state index in [0.29, 0.717) is 27.7 Å². The fourth-order valence-electron chi connectivity index (χ4n) is 9.69. The number of aryl methyl sites for hydroxylation is 3. The van der Waals surface area contributed by atoms with Gasteiger partial charge in [-0.1, -0.05) is 41.4 Å². The van der Waals surface area contributed by atoms with Crippen LogP contribution in [0, 0.1) is 53.0 Å². The van der Waals surface area contributed by atoms with Crippen LogP contribution in [0.2, 0.25) is 5.02 Å². The molecular formula is C41H34ClN5O7S. The molecule has 3 fully saturated rings. The molecule has 1 N–H and O–H groups in total. The van der Waals surface area contributed by atoms with Crippen molar-refractivity contribution in [1.82, 2.24) is 9.78 Å². The Morgan fingerprint density at radius 2 is 1.75 bits per heavy atom. The molecule has 2 saturated heterocycles. The normalized spacial score (nSPS) is 26.1. The first-order chi connectivity index (χ1) is 26.2. The predicted octanol–water partition coefficient (Wildman–Crippen LogP) is 7.62. The van der Waals surface area contributed by atoms with Crippen molar-refractivity contribution >= 4 is 73.8 Å². The molecule has 4 aliphatic rings. The SMILES string of the molecule is Cc1cc([C@H]2C3=CC[C@@H]4C(=O)N(c5cccc([N+](=O)[O-])c5)C(=O)[C@@H]4[C@@H]3C[C@H]3C(=O)N(c4cc(-c5sc6ccc(Cl)cc6c5C)nn4C)C(=O)[C@@]23C)ccc1O. The molecule has 12 nitrogen and oxygen atoms in total. The number of benzene rings is 3. The van der Waals surface area contributed by atoms with E-state index in [9.17, 15) is 29.6 Å². The fourth-order valence-corrected chi connectivity index (χ4v) is 11.0. The summed E-state index contributed by atoms with van der Waals surface area (Å²) in [4.78, 5) is 72.5. The first-order valence-corrected chi connectivity index (χ1v) is 19.1. The maximum atomic E-state index is 15.1. The van der Waals surface area contributed by atoms with Crippen molar-refractivity contribution in [3.8, 4) is 16.3 Å². The minimum Gasteiger partial charge on any atom is -0.508 e. The number of phenolic OH excluding ortho intramolecular Hbond substituents is 1. The summed E-state index contributed by atoms with van der Waals surface area (Å²) in [7, 11) is 1.70. The van der Waals surface area contributed by atoms with E-state index in [2.05, 4.69) is 0 Å². The molecule has 0 spiro atoms. The summed E-state index contributed by atoms with van der Waals surface area (Å²) in [5.74, 6) is -5.08. The van der Waals surface area contributed by atoms with Crippen LogP contribution in [0.3, 0.4) is 0 Å². The van der Waals surface area contributed by atoms with Gasteiger partial charge in [0, 0.05) is 40.9 Å². The molecule has 2 aliphatic carbocycles. The number of aromatic hydroxyl groups is 1. The number of amides is 4. The molecule has 4 heterocycles. The molecular weight excluding hydrogens is 742 g/mol. The van der Waals surface area contributed by atoms with E-state index in [1.54, 1.807) is 48.2 Å². The molecule has 6 atom stereocenters. The number of carbonyl (C=O) groups is 4. The largest absolute Gasteiger partial charge is 0.508 e. The Morgan fingerprint density at radius 1 is 0.964 bits per heavy atom. The van der Waals surface area contributed by atoms with Crippen LogP contribution < -0.4 is 9.80 Å². The summed E-state index contributed by atoms with van der Waals surface area (Å²) in [6.07, 6.45) is 2.31. The highest BCUT2D eigenvalue weighted by Crippen LogP contribution is 2.64. The molecule has 0 bridgehead atoms. The standard InChI is InChI=1S/C41H34ClN5O7S/c1-19-14-21(8-12-31(19)48)35-25-10-11-26-34(39(51)45(37(26)49)23-6-5-7-24(16-23)47(53)54)28(25)17-29-38(50)46(40(52)41(29,35)3)33-18-30(43-44(33)4)36-20(2)27-15-22(42)9-13-32(27)55-36/h5-10,12-16,18,26,28-29,34-35,48H,11,17H2,1-4H3/t26-,28+,29-,34-,35-,41+/m0/s1. The minimum absolute atomic E-state index is 0.0799. The Bertz CT molecular complexity index is 2610. The van der Waals surface area contributed by atoms with Gasteiger partial charge in [-0.25, -0.2) is 9.80 Å². The number of nitrogens with zero attached hydrogens (tertiary/aromatic N) is 5. The number of rotatable bonds is 5. The predicted molar refractivity (Wildman–Crippen MR) is 207 cm³/mol. The van der Waals surface area contributed by atoms with Gasteiger partial charge in [0.15, 0.2) is 0 Å². The van der Waals surface area contributed by atoms with Crippen LogP contribution in [0.1, 0.15) is 42.4 Å². The summed E-state index contributed by atoms with van der Waals surface area (Å²) in [6.45, 7) is 5.56. The smallest absolute Gasteiger partial charge is 0.271 e. The second-order valence-corrected chi connectivity index (χ2v) is 16.7. The van der Waals surface area contributed by atoms with Gasteiger partial charge in [0.25, 0.3) is 5.69 Å². The fraction of sp³-hybridized carbons (Fsp3) is 0.293. The molecule has 0 unspecified atom stereocenters. The van der Waals surface area contributed by atoms with Gasteiger partial charge in [-0.15, -0.1) is 11.3 Å². The Kier molecular flexibility index (Phi) is 7.76. The number of hydrogen-bond donors (Lipinski definition) is 1. The molecule has 2 aliphatic heterocycles. The lowest BCUT2D eigenvalue weighted by atomic mass is 9.51. The van der Waals surface area contributed by atoms with Crippen LogP contribution in [0.15, 0.2) is 78.4 Å². The van der Waals surface area contributed by atoms with Gasteiger partial charge in [0.1, 0.15) is 17.3 Å². The number of nitro benzene ring substituents is 1.